The molecule has 8 heteroatoms. The highest BCUT2D eigenvalue weighted by atomic mass is 32.2. The maximum atomic E-state index is 11.8. The minimum absolute atomic E-state index is 0.0230. The second kappa shape index (κ2) is 6.94. The first-order valence-corrected chi connectivity index (χ1v) is 9.12. The van der Waals surface area contributed by atoms with Gasteiger partial charge in [0.1, 0.15) is 14.8 Å². The normalized spacial score (nSPS) is 11.3. The molecular weight excluding hydrogens is 298 g/mol. The van der Waals surface area contributed by atoms with Gasteiger partial charge in [-0.25, -0.2) is 8.42 Å². The number of hydrogen-bond acceptors (Lipinski definition) is 6. The highest BCUT2D eigenvalue weighted by molar-refractivity contribution is 7.91. The van der Waals surface area contributed by atoms with Crippen LogP contribution in [0, 0.1) is 0 Å². The Bertz CT molecular complexity index is 579. The van der Waals surface area contributed by atoms with Crippen molar-refractivity contribution in [2.45, 2.75) is 31.1 Å². The molecule has 0 aromatic carbocycles. The zero-order valence-electron chi connectivity index (χ0n) is 11.9. The molecular formula is C12H21N3O3S2. The minimum atomic E-state index is -3.48. The summed E-state index contributed by atoms with van der Waals surface area (Å²) in [4.78, 5) is 12.0. The molecule has 114 valence electrons. The van der Waals surface area contributed by atoms with Gasteiger partial charge in [0.2, 0.25) is 0 Å². The summed E-state index contributed by atoms with van der Waals surface area (Å²) in [6, 6.07) is 0. The summed E-state index contributed by atoms with van der Waals surface area (Å²) in [5.41, 5.74) is 5.85. The molecule has 0 radical (unpaired) electrons. The summed E-state index contributed by atoms with van der Waals surface area (Å²) >= 11 is 1.08. The third-order valence-corrected chi connectivity index (χ3v) is 5.23. The molecule has 0 saturated heterocycles. The van der Waals surface area contributed by atoms with E-state index in [4.69, 9.17) is 5.73 Å². The van der Waals surface area contributed by atoms with E-state index in [2.05, 4.69) is 17.6 Å². The summed E-state index contributed by atoms with van der Waals surface area (Å²) in [5, 5.41) is 5.98. The van der Waals surface area contributed by atoms with E-state index < -0.39 is 9.84 Å². The number of thiophene rings is 1. The molecule has 4 N–H and O–H groups in total. The second-order valence-electron chi connectivity index (χ2n) is 4.49. The third-order valence-electron chi connectivity index (χ3n) is 2.77. The fourth-order valence-corrected chi connectivity index (χ4v) is 4.31. The molecule has 1 rings (SSSR count). The van der Waals surface area contributed by atoms with Crippen LogP contribution in [0.1, 0.15) is 35.9 Å². The van der Waals surface area contributed by atoms with Crippen molar-refractivity contribution in [3.05, 3.63) is 4.88 Å². The summed E-state index contributed by atoms with van der Waals surface area (Å²) in [7, 11) is -2.00. The van der Waals surface area contributed by atoms with E-state index >= 15 is 0 Å². The number of amides is 1. The molecule has 0 unspecified atom stereocenters. The Morgan fingerprint density at radius 2 is 2.00 bits per heavy atom. The Morgan fingerprint density at radius 1 is 1.35 bits per heavy atom. The highest BCUT2D eigenvalue weighted by Gasteiger charge is 2.26. The highest BCUT2D eigenvalue weighted by Crippen LogP contribution is 2.39. The van der Waals surface area contributed by atoms with Gasteiger partial charge in [0.05, 0.1) is 5.69 Å². The molecule has 0 saturated carbocycles. The Labute approximate surface area is 123 Å². The standard InChI is InChI=1S/C12H21N3O3S2/c1-4-5-6-7-15-12-10(20(3,17)18)8(13)9(19-12)11(16)14-2/h15H,4-7,13H2,1-3H3,(H,14,16). The molecule has 0 spiro atoms. The predicted molar refractivity (Wildman–Crippen MR) is 83.2 cm³/mol. The lowest BCUT2D eigenvalue weighted by Gasteiger charge is -2.06. The lowest BCUT2D eigenvalue weighted by atomic mass is 10.2. The van der Waals surface area contributed by atoms with E-state index in [1.54, 1.807) is 0 Å². The number of sulfone groups is 1. The first-order valence-electron chi connectivity index (χ1n) is 6.41. The van der Waals surface area contributed by atoms with E-state index in [9.17, 15) is 13.2 Å². The smallest absolute Gasteiger partial charge is 0.263 e. The van der Waals surface area contributed by atoms with Crippen molar-refractivity contribution in [1.82, 2.24) is 5.32 Å². The number of carbonyl (C=O) groups excluding carboxylic acids is 1. The summed E-state index contributed by atoms with van der Waals surface area (Å²) in [5.74, 6) is -0.376. The molecule has 20 heavy (non-hydrogen) atoms. The van der Waals surface area contributed by atoms with Gasteiger partial charge in [0.15, 0.2) is 9.84 Å². The Hall–Kier alpha value is -1.28. The quantitative estimate of drug-likeness (QED) is 0.664. The van der Waals surface area contributed by atoms with Crippen molar-refractivity contribution in [1.29, 1.82) is 0 Å². The molecule has 0 aliphatic heterocycles. The third kappa shape index (κ3) is 3.86. The van der Waals surface area contributed by atoms with Crippen molar-refractivity contribution in [2.75, 3.05) is 30.9 Å². The van der Waals surface area contributed by atoms with Crippen molar-refractivity contribution < 1.29 is 13.2 Å². The van der Waals surface area contributed by atoms with Crippen LogP contribution in [0.3, 0.4) is 0 Å². The van der Waals surface area contributed by atoms with Gasteiger partial charge in [-0.2, -0.15) is 0 Å². The van der Waals surface area contributed by atoms with Crippen molar-refractivity contribution in [3.63, 3.8) is 0 Å². The average molecular weight is 319 g/mol. The zero-order valence-corrected chi connectivity index (χ0v) is 13.6. The van der Waals surface area contributed by atoms with Crippen LogP contribution in [0.25, 0.3) is 0 Å². The minimum Gasteiger partial charge on any atom is -0.396 e. The number of rotatable bonds is 7. The maximum Gasteiger partial charge on any atom is 0.263 e. The number of nitrogen functional groups attached to an aromatic ring is 1. The molecule has 1 amide bonds. The first kappa shape index (κ1) is 16.8. The molecule has 1 heterocycles. The number of anilines is 2. The van der Waals surface area contributed by atoms with Crippen LogP contribution in [0.2, 0.25) is 0 Å². The fourth-order valence-electron chi connectivity index (χ4n) is 1.77. The molecule has 0 aliphatic rings. The van der Waals surface area contributed by atoms with Gasteiger partial charge < -0.3 is 16.4 Å². The SMILES string of the molecule is CCCCCNc1sc(C(=O)NC)c(N)c1S(C)(=O)=O. The van der Waals surface area contributed by atoms with Crippen molar-refractivity contribution in [3.8, 4) is 0 Å². The van der Waals surface area contributed by atoms with Gasteiger partial charge in [0.25, 0.3) is 5.91 Å². The van der Waals surface area contributed by atoms with Crippen LogP contribution in [0.15, 0.2) is 4.90 Å². The first-order chi connectivity index (χ1) is 9.32. The molecule has 6 nitrogen and oxygen atoms in total. The maximum absolute atomic E-state index is 11.8. The molecule has 0 fully saturated rings. The van der Waals surface area contributed by atoms with E-state index in [1.165, 1.54) is 7.05 Å². The van der Waals surface area contributed by atoms with Gasteiger partial charge >= 0.3 is 0 Å². The number of unbranched alkanes of at least 4 members (excludes halogenated alkanes) is 2. The van der Waals surface area contributed by atoms with Crippen molar-refractivity contribution >= 4 is 37.8 Å². The second-order valence-corrected chi connectivity index (χ2v) is 7.46. The average Bonchev–Trinajstić information content (AvgIpc) is 2.70. The molecule has 0 aliphatic carbocycles. The summed E-state index contributed by atoms with van der Waals surface area (Å²) in [6.07, 6.45) is 4.17. The largest absolute Gasteiger partial charge is 0.396 e. The molecule has 0 bridgehead atoms. The van der Waals surface area contributed by atoms with E-state index in [0.717, 1.165) is 36.9 Å². The van der Waals surface area contributed by atoms with Crippen LogP contribution >= 0.6 is 11.3 Å². The van der Waals surface area contributed by atoms with E-state index in [1.807, 2.05) is 0 Å². The Kier molecular flexibility index (Phi) is 5.82. The van der Waals surface area contributed by atoms with Crippen LogP contribution in [-0.4, -0.2) is 34.2 Å². The Balaban J connectivity index is 3.11. The van der Waals surface area contributed by atoms with Crippen LogP contribution < -0.4 is 16.4 Å². The van der Waals surface area contributed by atoms with Gasteiger partial charge in [-0.1, -0.05) is 19.8 Å². The van der Waals surface area contributed by atoms with Gasteiger partial charge in [-0.3, -0.25) is 4.79 Å². The molecule has 0 atom stereocenters. The predicted octanol–water partition coefficient (Wildman–Crippen LogP) is 1.70. The number of nitrogens with one attached hydrogen (secondary N) is 2. The number of hydrogen-bond donors (Lipinski definition) is 3. The van der Waals surface area contributed by atoms with Crippen LogP contribution in [0.5, 0.6) is 0 Å². The monoisotopic (exact) mass is 319 g/mol. The summed E-state index contributed by atoms with van der Waals surface area (Å²) < 4.78 is 23.7. The van der Waals surface area contributed by atoms with Crippen LogP contribution in [-0.2, 0) is 9.84 Å². The molecule has 1 aromatic rings. The van der Waals surface area contributed by atoms with Crippen molar-refractivity contribution in [2.24, 2.45) is 0 Å². The van der Waals surface area contributed by atoms with Crippen LogP contribution in [0.4, 0.5) is 10.7 Å². The number of carbonyl (C=O) groups is 1. The molecule has 1 aromatic heterocycles. The van der Waals surface area contributed by atoms with E-state index in [0.29, 0.717) is 11.5 Å². The van der Waals surface area contributed by atoms with E-state index in [-0.39, 0.29) is 21.4 Å². The lowest BCUT2D eigenvalue weighted by Crippen LogP contribution is -2.18. The zero-order chi connectivity index (χ0) is 15.3. The van der Waals surface area contributed by atoms with Gasteiger partial charge in [-0.05, 0) is 6.42 Å². The van der Waals surface area contributed by atoms with Gasteiger partial charge in [0, 0.05) is 19.8 Å². The Morgan fingerprint density at radius 3 is 2.50 bits per heavy atom. The number of nitrogens with two attached hydrogens (primary N) is 1. The lowest BCUT2D eigenvalue weighted by molar-refractivity contribution is 0.0968. The topological polar surface area (TPSA) is 101 Å². The summed E-state index contributed by atoms with van der Waals surface area (Å²) in [6.45, 7) is 2.75. The fraction of sp³-hybridized carbons (Fsp3) is 0.583. The van der Waals surface area contributed by atoms with Gasteiger partial charge in [-0.15, -0.1) is 11.3 Å².